The van der Waals surface area contributed by atoms with Gasteiger partial charge in [0.2, 0.25) is 5.91 Å². The van der Waals surface area contributed by atoms with Gasteiger partial charge < -0.3 is 10.2 Å². The Balaban J connectivity index is 1.41. The summed E-state index contributed by atoms with van der Waals surface area (Å²) in [6.45, 7) is 3.58. The fourth-order valence-corrected chi connectivity index (χ4v) is 4.49. The first kappa shape index (κ1) is 19.7. The van der Waals surface area contributed by atoms with Crippen LogP contribution in [-0.4, -0.2) is 23.3 Å². The molecule has 2 aromatic rings. The van der Waals surface area contributed by atoms with Crippen LogP contribution in [0.1, 0.15) is 77.7 Å². The van der Waals surface area contributed by atoms with Gasteiger partial charge in [0.25, 0.3) is 5.91 Å². The first-order valence-electron chi connectivity index (χ1n) is 10.9. The van der Waals surface area contributed by atoms with Gasteiger partial charge in [-0.1, -0.05) is 37.3 Å². The van der Waals surface area contributed by atoms with Gasteiger partial charge in [0.05, 0.1) is 6.04 Å². The lowest BCUT2D eigenvalue weighted by Gasteiger charge is -2.22. The molecular formula is C25H30N2O2. The standard InChI is InChI=1S/C25H30N2O2/c1-2-23(22-14-13-19-6-3-4-7-21(19)16-22)26-25(29)20-11-9-18(10-12-20)17-27-15-5-8-24(27)28/h9-14,16,23H,2-8,15,17H2,1H3,(H,26,29)/t23-/m1/s1. The number of carbonyl (C=O) groups is 2. The van der Waals surface area contributed by atoms with Crippen LogP contribution in [0.15, 0.2) is 42.5 Å². The van der Waals surface area contributed by atoms with Crippen molar-refractivity contribution in [2.24, 2.45) is 0 Å². The highest BCUT2D eigenvalue weighted by molar-refractivity contribution is 5.94. The Hall–Kier alpha value is -2.62. The summed E-state index contributed by atoms with van der Waals surface area (Å²) in [6, 6.07) is 14.4. The Bertz CT molecular complexity index is 888. The van der Waals surface area contributed by atoms with E-state index in [9.17, 15) is 9.59 Å². The summed E-state index contributed by atoms with van der Waals surface area (Å²) in [4.78, 5) is 26.5. The van der Waals surface area contributed by atoms with E-state index >= 15 is 0 Å². The van der Waals surface area contributed by atoms with Crippen molar-refractivity contribution in [3.8, 4) is 0 Å². The third kappa shape index (κ3) is 4.52. The lowest BCUT2D eigenvalue weighted by molar-refractivity contribution is -0.128. The van der Waals surface area contributed by atoms with Crippen molar-refractivity contribution in [3.63, 3.8) is 0 Å². The highest BCUT2D eigenvalue weighted by Crippen LogP contribution is 2.26. The summed E-state index contributed by atoms with van der Waals surface area (Å²) >= 11 is 0. The molecule has 4 heteroatoms. The minimum atomic E-state index is -0.0432. The molecule has 2 aliphatic rings. The van der Waals surface area contributed by atoms with Crippen LogP contribution in [-0.2, 0) is 24.2 Å². The second-order valence-corrected chi connectivity index (χ2v) is 8.29. The number of nitrogens with one attached hydrogen (secondary N) is 1. The average molecular weight is 391 g/mol. The minimum Gasteiger partial charge on any atom is -0.345 e. The molecule has 4 rings (SSSR count). The molecule has 1 fully saturated rings. The van der Waals surface area contributed by atoms with E-state index in [2.05, 4.69) is 30.4 Å². The van der Waals surface area contributed by atoms with Crippen LogP contribution in [0, 0.1) is 0 Å². The first-order valence-corrected chi connectivity index (χ1v) is 10.9. The lowest BCUT2D eigenvalue weighted by Crippen LogP contribution is -2.28. The van der Waals surface area contributed by atoms with Gasteiger partial charge in [-0.25, -0.2) is 0 Å². The summed E-state index contributed by atoms with van der Waals surface area (Å²) < 4.78 is 0. The van der Waals surface area contributed by atoms with E-state index < -0.39 is 0 Å². The zero-order valence-electron chi connectivity index (χ0n) is 17.2. The SMILES string of the molecule is CC[C@@H](NC(=O)c1ccc(CN2CCCC2=O)cc1)c1ccc2c(c1)CCCC2. The number of carbonyl (C=O) groups excluding carboxylic acids is 2. The van der Waals surface area contributed by atoms with E-state index in [1.807, 2.05) is 29.2 Å². The smallest absolute Gasteiger partial charge is 0.251 e. The molecule has 0 unspecified atom stereocenters. The fraction of sp³-hybridized carbons (Fsp3) is 0.440. The molecule has 1 saturated heterocycles. The van der Waals surface area contributed by atoms with Crippen LogP contribution in [0.3, 0.4) is 0 Å². The normalized spacial score (nSPS) is 17.1. The number of hydrogen-bond acceptors (Lipinski definition) is 2. The largest absolute Gasteiger partial charge is 0.345 e. The van der Waals surface area contributed by atoms with E-state index in [4.69, 9.17) is 0 Å². The number of nitrogens with zero attached hydrogens (tertiary/aromatic N) is 1. The molecular weight excluding hydrogens is 360 g/mol. The number of rotatable bonds is 6. The first-order chi connectivity index (χ1) is 14.1. The molecule has 0 spiro atoms. The Morgan fingerprint density at radius 1 is 1.00 bits per heavy atom. The molecule has 1 N–H and O–H groups in total. The summed E-state index contributed by atoms with van der Waals surface area (Å²) in [5.41, 5.74) is 5.85. The summed E-state index contributed by atoms with van der Waals surface area (Å²) in [6.07, 6.45) is 7.32. The highest BCUT2D eigenvalue weighted by Gasteiger charge is 2.20. The van der Waals surface area contributed by atoms with E-state index in [0.29, 0.717) is 18.5 Å². The molecule has 1 aliphatic carbocycles. The van der Waals surface area contributed by atoms with Crippen molar-refractivity contribution in [1.29, 1.82) is 0 Å². The molecule has 1 aliphatic heterocycles. The molecule has 1 heterocycles. The number of aryl methyl sites for hydroxylation is 2. The summed E-state index contributed by atoms with van der Waals surface area (Å²) in [5.74, 6) is 0.182. The van der Waals surface area contributed by atoms with E-state index in [0.717, 1.165) is 31.4 Å². The Morgan fingerprint density at radius 2 is 1.76 bits per heavy atom. The molecule has 0 saturated carbocycles. The maximum absolute atomic E-state index is 12.8. The van der Waals surface area contributed by atoms with Crippen LogP contribution >= 0.6 is 0 Å². The number of likely N-dealkylation sites (tertiary alicyclic amines) is 1. The van der Waals surface area contributed by atoms with Gasteiger partial charge >= 0.3 is 0 Å². The van der Waals surface area contributed by atoms with Crippen molar-refractivity contribution in [2.75, 3.05) is 6.54 Å². The minimum absolute atomic E-state index is 0.0247. The van der Waals surface area contributed by atoms with Gasteiger partial charge in [-0.2, -0.15) is 0 Å². The van der Waals surface area contributed by atoms with E-state index in [1.165, 1.54) is 36.0 Å². The van der Waals surface area contributed by atoms with Crippen LogP contribution in [0.25, 0.3) is 0 Å². The quantitative estimate of drug-likeness (QED) is 0.785. The topological polar surface area (TPSA) is 49.4 Å². The predicted octanol–water partition coefficient (Wildman–Crippen LogP) is 4.57. The second-order valence-electron chi connectivity index (χ2n) is 8.29. The Morgan fingerprint density at radius 3 is 2.45 bits per heavy atom. The van der Waals surface area contributed by atoms with E-state index in [1.54, 1.807) is 0 Å². The van der Waals surface area contributed by atoms with Crippen LogP contribution in [0.5, 0.6) is 0 Å². The molecule has 0 bridgehead atoms. The third-order valence-corrected chi connectivity index (χ3v) is 6.25. The van der Waals surface area contributed by atoms with Gasteiger partial charge in [0.1, 0.15) is 0 Å². The fourth-order valence-electron chi connectivity index (χ4n) is 4.49. The number of hydrogen-bond donors (Lipinski definition) is 1. The van der Waals surface area contributed by atoms with Crippen LogP contribution < -0.4 is 5.32 Å². The monoisotopic (exact) mass is 390 g/mol. The molecule has 4 nitrogen and oxygen atoms in total. The zero-order valence-corrected chi connectivity index (χ0v) is 17.2. The van der Waals surface area contributed by atoms with Crippen LogP contribution in [0.2, 0.25) is 0 Å². The van der Waals surface area contributed by atoms with E-state index in [-0.39, 0.29) is 17.9 Å². The van der Waals surface area contributed by atoms with Crippen molar-refractivity contribution in [1.82, 2.24) is 10.2 Å². The van der Waals surface area contributed by atoms with Crippen molar-refractivity contribution < 1.29 is 9.59 Å². The Kier molecular flexibility index (Phi) is 5.98. The van der Waals surface area contributed by atoms with Gasteiger partial charge in [0.15, 0.2) is 0 Å². The van der Waals surface area contributed by atoms with Gasteiger partial charge in [0, 0.05) is 25.1 Å². The van der Waals surface area contributed by atoms with Crippen LogP contribution in [0.4, 0.5) is 0 Å². The van der Waals surface area contributed by atoms with Crippen molar-refractivity contribution in [3.05, 3.63) is 70.3 Å². The molecule has 0 aromatic heterocycles. The Labute approximate surface area is 173 Å². The number of amides is 2. The van der Waals surface area contributed by atoms with Crippen molar-refractivity contribution >= 4 is 11.8 Å². The molecule has 152 valence electrons. The molecule has 0 radical (unpaired) electrons. The maximum Gasteiger partial charge on any atom is 0.251 e. The predicted molar refractivity (Wildman–Crippen MR) is 115 cm³/mol. The third-order valence-electron chi connectivity index (χ3n) is 6.25. The molecule has 2 aromatic carbocycles. The summed E-state index contributed by atoms with van der Waals surface area (Å²) in [7, 11) is 0. The van der Waals surface area contributed by atoms with Crippen molar-refractivity contribution in [2.45, 2.75) is 64.5 Å². The number of benzene rings is 2. The zero-order chi connectivity index (χ0) is 20.2. The van der Waals surface area contributed by atoms with Gasteiger partial charge in [-0.05, 0) is 72.9 Å². The average Bonchev–Trinajstić information content (AvgIpc) is 3.16. The molecule has 2 amide bonds. The maximum atomic E-state index is 12.8. The molecule has 29 heavy (non-hydrogen) atoms. The highest BCUT2D eigenvalue weighted by atomic mass is 16.2. The molecule has 1 atom stereocenters. The summed E-state index contributed by atoms with van der Waals surface area (Å²) in [5, 5.41) is 3.20. The lowest BCUT2D eigenvalue weighted by atomic mass is 9.88. The van der Waals surface area contributed by atoms with Gasteiger partial charge in [-0.3, -0.25) is 9.59 Å². The van der Waals surface area contributed by atoms with Gasteiger partial charge in [-0.15, -0.1) is 0 Å². The number of fused-ring (bicyclic) bond motifs is 1. The second kappa shape index (κ2) is 8.81.